The maximum absolute atomic E-state index is 13.1. The molecule has 0 aliphatic carbocycles. The quantitative estimate of drug-likeness (QED) is 0.389. The van der Waals surface area contributed by atoms with E-state index in [2.05, 4.69) is 0 Å². The third kappa shape index (κ3) is 4.78. The van der Waals surface area contributed by atoms with E-state index >= 15 is 0 Å². The Labute approximate surface area is 189 Å². The Balaban J connectivity index is 2.12. The summed E-state index contributed by atoms with van der Waals surface area (Å²) in [6.45, 7) is 3.32. The van der Waals surface area contributed by atoms with Crippen LogP contribution in [0.25, 0.3) is 5.76 Å². The molecule has 0 radical (unpaired) electrons. The lowest BCUT2D eigenvalue weighted by Crippen LogP contribution is -2.35. The van der Waals surface area contributed by atoms with Crippen molar-refractivity contribution in [2.45, 2.75) is 13.0 Å². The van der Waals surface area contributed by atoms with Gasteiger partial charge in [0, 0.05) is 38.4 Å². The molecule has 1 saturated heterocycles. The Morgan fingerprint density at radius 2 is 1.75 bits per heavy atom. The van der Waals surface area contributed by atoms with Crippen LogP contribution in [0, 0.1) is 0 Å². The lowest BCUT2D eigenvalue weighted by Gasteiger charge is -2.27. The van der Waals surface area contributed by atoms with E-state index in [0.717, 1.165) is 11.3 Å². The van der Waals surface area contributed by atoms with Gasteiger partial charge in [0.25, 0.3) is 11.7 Å². The summed E-state index contributed by atoms with van der Waals surface area (Å²) < 4.78 is 5.53. The first-order valence-corrected chi connectivity index (χ1v) is 10.7. The summed E-state index contributed by atoms with van der Waals surface area (Å²) in [5.41, 5.74) is 2.32. The number of rotatable bonds is 8. The van der Waals surface area contributed by atoms with Crippen molar-refractivity contribution in [3.8, 4) is 5.75 Å². The van der Waals surface area contributed by atoms with Crippen LogP contribution < -0.4 is 9.64 Å². The van der Waals surface area contributed by atoms with Crippen LogP contribution >= 0.6 is 0 Å². The van der Waals surface area contributed by atoms with Gasteiger partial charge in [-0.1, -0.05) is 24.3 Å². The number of aliphatic hydroxyl groups is 1. The number of carbonyl (C=O) groups excluding carboxylic acids is 2. The SMILES string of the molecule is CCOc1cccc(/C(O)=C2\C(=O)C(=O)N(CCN(C)C)C2c2ccc(N(C)C)cc2)c1. The molecule has 1 amide bonds. The molecule has 0 spiro atoms. The van der Waals surface area contributed by atoms with Crippen LogP contribution in [0.3, 0.4) is 0 Å². The van der Waals surface area contributed by atoms with Crippen LogP contribution in [0.4, 0.5) is 5.69 Å². The molecule has 1 aliphatic heterocycles. The number of aliphatic hydroxyl groups excluding tert-OH is 1. The number of carbonyl (C=O) groups is 2. The van der Waals surface area contributed by atoms with Gasteiger partial charge in [-0.25, -0.2) is 0 Å². The number of benzene rings is 2. The molecule has 170 valence electrons. The zero-order chi connectivity index (χ0) is 23.4. The van der Waals surface area contributed by atoms with Crippen molar-refractivity contribution < 1.29 is 19.4 Å². The lowest BCUT2D eigenvalue weighted by molar-refractivity contribution is -0.140. The van der Waals surface area contributed by atoms with Crippen molar-refractivity contribution in [1.82, 2.24) is 9.80 Å². The summed E-state index contributed by atoms with van der Waals surface area (Å²) in [4.78, 5) is 31.5. The van der Waals surface area contributed by atoms with Crippen molar-refractivity contribution in [3.63, 3.8) is 0 Å². The predicted molar refractivity (Wildman–Crippen MR) is 126 cm³/mol. The van der Waals surface area contributed by atoms with E-state index in [4.69, 9.17) is 4.74 Å². The molecule has 1 fully saturated rings. The minimum Gasteiger partial charge on any atom is -0.507 e. The highest BCUT2D eigenvalue weighted by Gasteiger charge is 2.45. The maximum atomic E-state index is 13.1. The summed E-state index contributed by atoms with van der Waals surface area (Å²) in [6, 6.07) is 13.9. The van der Waals surface area contributed by atoms with E-state index in [1.807, 2.05) is 69.2 Å². The average molecular weight is 438 g/mol. The number of amides is 1. The first kappa shape index (κ1) is 23.3. The van der Waals surface area contributed by atoms with Gasteiger partial charge >= 0.3 is 0 Å². The number of hydrogen-bond acceptors (Lipinski definition) is 6. The van der Waals surface area contributed by atoms with Gasteiger partial charge in [-0.05, 0) is 50.8 Å². The first-order chi connectivity index (χ1) is 15.2. The van der Waals surface area contributed by atoms with Crippen LogP contribution in [0.1, 0.15) is 24.1 Å². The molecule has 1 unspecified atom stereocenters. The number of likely N-dealkylation sites (N-methyl/N-ethyl adjacent to an activating group) is 1. The molecule has 0 saturated carbocycles. The van der Waals surface area contributed by atoms with E-state index < -0.39 is 17.7 Å². The molecule has 2 aromatic rings. The van der Waals surface area contributed by atoms with Crippen molar-refractivity contribution in [3.05, 3.63) is 65.2 Å². The van der Waals surface area contributed by atoms with E-state index in [9.17, 15) is 14.7 Å². The summed E-state index contributed by atoms with van der Waals surface area (Å²) >= 11 is 0. The maximum Gasteiger partial charge on any atom is 0.295 e. The first-order valence-electron chi connectivity index (χ1n) is 10.7. The third-order valence-corrected chi connectivity index (χ3v) is 5.47. The number of nitrogens with zero attached hydrogens (tertiary/aromatic N) is 3. The zero-order valence-corrected chi connectivity index (χ0v) is 19.3. The molecular weight excluding hydrogens is 406 g/mol. The van der Waals surface area contributed by atoms with Crippen molar-refractivity contribution in [2.75, 3.05) is 52.8 Å². The Bertz CT molecular complexity index is 1010. The molecule has 2 aromatic carbocycles. The van der Waals surface area contributed by atoms with Crippen molar-refractivity contribution in [1.29, 1.82) is 0 Å². The van der Waals surface area contributed by atoms with Gasteiger partial charge in [0.15, 0.2) is 0 Å². The van der Waals surface area contributed by atoms with E-state index in [1.54, 1.807) is 29.2 Å². The molecule has 1 atom stereocenters. The summed E-state index contributed by atoms with van der Waals surface area (Å²) in [5, 5.41) is 11.2. The van der Waals surface area contributed by atoms with Crippen LogP contribution in [0.2, 0.25) is 0 Å². The molecule has 1 heterocycles. The van der Waals surface area contributed by atoms with Gasteiger partial charge in [-0.2, -0.15) is 0 Å². The van der Waals surface area contributed by atoms with Gasteiger partial charge in [0.05, 0.1) is 18.2 Å². The molecule has 1 N–H and O–H groups in total. The number of ketones is 1. The molecule has 0 aromatic heterocycles. The normalized spacial score (nSPS) is 17.8. The average Bonchev–Trinajstić information content (AvgIpc) is 3.02. The van der Waals surface area contributed by atoms with Gasteiger partial charge < -0.3 is 24.5 Å². The molecule has 3 rings (SSSR count). The number of ether oxygens (including phenoxy) is 1. The number of Topliss-reactive ketones (excluding diaryl/α,β-unsaturated/α-hetero) is 1. The Kier molecular flexibility index (Phi) is 7.20. The van der Waals surface area contributed by atoms with Crippen LogP contribution in [-0.4, -0.2) is 74.5 Å². The predicted octanol–water partition coefficient (Wildman–Crippen LogP) is 3.13. The highest BCUT2D eigenvalue weighted by atomic mass is 16.5. The third-order valence-electron chi connectivity index (χ3n) is 5.47. The summed E-state index contributed by atoms with van der Waals surface area (Å²) in [6.07, 6.45) is 0. The fourth-order valence-electron chi connectivity index (χ4n) is 3.78. The molecule has 7 heteroatoms. The van der Waals surface area contributed by atoms with Crippen LogP contribution in [-0.2, 0) is 9.59 Å². The summed E-state index contributed by atoms with van der Waals surface area (Å²) in [7, 11) is 7.72. The summed E-state index contributed by atoms with van der Waals surface area (Å²) in [5.74, 6) is -0.884. The minimum atomic E-state index is -0.676. The Hall–Kier alpha value is -3.32. The van der Waals surface area contributed by atoms with Gasteiger partial charge in [0.2, 0.25) is 0 Å². The Morgan fingerprint density at radius 3 is 2.34 bits per heavy atom. The van der Waals surface area contributed by atoms with Crippen LogP contribution in [0.5, 0.6) is 5.75 Å². The monoisotopic (exact) mass is 437 g/mol. The highest BCUT2D eigenvalue weighted by molar-refractivity contribution is 6.46. The van der Waals surface area contributed by atoms with Gasteiger partial charge in [0.1, 0.15) is 11.5 Å². The lowest BCUT2D eigenvalue weighted by atomic mass is 9.95. The highest BCUT2D eigenvalue weighted by Crippen LogP contribution is 2.40. The topological polar surface area (TPSA) is 73.3 Å². The zero-order valence-electron chi connectivity index (χ0n) is 19.3. The van der Waals surface area contributed by atoms with E-state index in [1.165, 1.54) is 0 Å². The molecule has 1 aliphatic rings. The fraction of sp³-hybridized carbons (Fsp3) is 0.360. The second-order valence-electron chi connectivity index (χ2n) is 8.24. The second kappa shape index (κ2) is 9.87. The van der Waals surface area contributed by atoms with E-state index in [-0.39, 0.29) is 11.3 Å². The van der Waals surface area contributed by atoms with Gasteiger partial charge in [-0.15, -0.1) is 0 Å². The number of likely N-dealkylation sites (tertiary alicyclic amines) is 1. The fourth-order valence-corrected chi connectivity index (χ4v) is 3.78. The number of hydrogen-bond donors (Lipinski definition) is 1. The van der Waals surface area contributed by atoms with Crippen LogP contribution in [0.15, 0.2) is 54.1 Å². The molecule has 7 nitrogen and oxygen atoms in total. The number of anilines is 1. The smallest absolute Gasteiger partial charge is 0.295 e. The van der Waals surface area contributed by atoms with E-state index in [0.29, 0.717) is 31.0 Å². The molecule has 0 bridgehead atoms. The van der Waals surface area contributed by atoms with Crippen molar-refractivity contribution in [2.24, 2.45) is 0 Å². The molecular formula is C25H31N3O4. The molecule has 32 heavy (non-hydrogen) atoms. The Morgan fingerprint density at radius 1 is 1.06 bits per heavy atom. The van der Waals surface area contributed by atoms with Crippen molar-refractivity contribution >= 4 is 23.1 Å². The largest absolute Gasteiger partial charge is 0.507 e. The minimum absolute atomic E-state index is 0.0972. The standard InChI is InChI=1S/C25H31N3O4/c1-6-32-20-9-7-8-18(16-20)23(29)21-22(17-10-12-19(13-11-17)27(4)5)28(15-14-26(2)3)25(31)24(21)30/h7-13,16,22,29H,6,14-15H2,1-5H3/b23-21+. The second-order valence-corrected chi connectivity index (χ2v) is 8.24. The van der Waals surface area contributed by atoms with Gasteiger partial charge in [-0.3, -0.25) is 9.59 Å².